The molecule has 0 aliphatic carbocycles. The van der Waals surface area contributed by atoms with Gasteiger partial charge in [-0.1, -0.05) is 62.2 Å². The van der Waals surface area contributed by atoms with Crippen LogP contribution in [0.4, 0.5) is 0 Å². The van der Waals surface area contributed by atoms with Crippen molar-refractivity contribution in [2.45, 2.75) is 19.8 Å². The SMILES string of the molecule is CCOC(=O)C1=C(CBr)NC(CBr)=C(C(=O)OCC)C1c1ccccc1. The summed E-state index contributed by atoms with van der Waals surface area (Å²) in [5, 5.41) is 4.05. The maximum atomic E-state index is 12.7. The Bertz CT molecular complexity index is 686. The van der Waals surface area contributed by atoms with Gasteiger partial charge in [0, 0.05) is 22.1 Å². The Morgan fingerprint density at radius 2 is 1.38 bits per heavy atom. The van der Waals surface area contributed by atoms with Crippen molar-refractivity contribution in [3.63, 3.8) is 0 Å². The maximum absolute atomic E-state index is 12.7. The second-order valence-electron chi connectivity index (χ2n) is 5.46. The number of ether oxygens (including phenoxy) is 2. The van der Waals surface area contributed by atoms with Gasteiger partial charge >= 0.3 is 11.9 Å². The Balaban J connectivity index is 2.69. The summed E-state index contributed by atoms with van der Waals surface area (Å²) in [5.41, 5.74) is 3.03. The van der Waals surface area contributed by atoms with E-state index in [2.05, 4.69) is 37.2 Å². The van der Waals surface area contributed by atoms with Crippen LogP contribution in [-0.4, -0.2) is 35.8 Å². The first-order valence-corrected chi connectivity index (χ1v) is 10.6. The fourth-order valence-corrected chi connectivity index (χ4v) is 3.78. The Morgan fingerprint density at radius 3 is 1.77 bits per heavy atom. The lowest BCUT2D eigenvalue weighted by Crippen LogP contribution is -2.35. The molecule has 0 saturated carbocycles. The molecular formula is C19H21Br2NO4. The van der Waals surface area contributed by atoms with Crippen LogP contribution in [0.25, 0.3) is 0 Å². The van der Waals surface area contributed by atoms with Crippen molar-refractivity contribution in [3.8, 4) is 0 Å². The molecule has 0 unspecified atom stereocenters. The summed E-state index contributed by atoms with van der Waals surface area (Å²) in [7, 11) is 0. The molecule has 1 aromatic carbocycles. The molecule has 5 nitrogen and oxygen atoms in total. The quantitative estimate of drug-likeness (QED) is 0.469. The van der Waals surface area contributed by atoms with E-state index in [0.29, 0.717) is 33.2 Å². The van der Waals surface area contributed by atoms with Crippen molar-refractivity contribution in [2.75, 3.05) is 23.9 Å². The summed E-state index contributed by atoms with van der Waals surface area (Å²) in [5.74, 6) is -1.45. The minimum Gasteiger partial charge on any atom is -0.463 e. The first-order chi connectivity index (χ1) is 12.6. The lowest BCUT2D eigenvalue weighted by molar-refractivity contribution is -0.139. The van der Waals surface area contributed by atoms with Crippen LogP contribution in [0.2, 0.25) is 0 Å². The van der Waals surface area contributed by atoms with Crippen LogP contribution in [0.3, 0.4) is 0 Å². The van der Waals surface area contributed by atoms with E-state index in [-0.39, 0.29) is 13.2 Å². The van der Waals surface area contributed by atoms with E-state index in [1.165, 1.54) is 0 Å². The Kier molecular flexibility index (Phi) is 7.90. The lowest BCUT2D eigenvalue weighted by Gasteiger charge is -2.31. The van der Waals surface area contributed by atoms with Gasteiger partial charge in [0.15, 0.2) is 0 Å². The van der Waals surface area contributed by atoms with E-state index < -0.39 is 17.9 Å². The van der Waals surface area contributed by atoms with Crippen LogP contribution in [0.5, 0.6) is 0 Å². The third kappa shape index (κ3) is 4.38. The standard InChI is InChI=1S/C19H21Br2NO4/c1-3-25-18(23)16-13(10-20)22-14(11-21)17(19(24)26-4-2)15(16)12-8-6-5-7-9-12/h5-9,15,22H,3-4,10-11H2,1-2H3. The summed E-state index contributed by atoms with van der Waals surface area (Å²) in [6.07, 6.45) is 0. The number of carbonyl (C=O) groups is 2. The van der Waals surface area contributed by atoms with Crippen LogP contribution in [0.15, 0.2) is 52.9 Å². The molecule has 0 radical (unpaired) electrons. The molecular weight excluding hydrogens is 466 g/mol. The third-order valence-corrected chi connectivity index (χ3v) is 5.04. The smallest absolute Gasteiger partial charge is 0.336 e. The zero-order valence-electron chi connectivity index (χ0n) is 14.7. The van der Waals surface area contributed by atoms with E-state index in [4.69, 9.17) is 9.47 Å². The van der Waals surface area contributed by atoms with Gasteiger partial charge in [0.25, 0.3) is 0 Å². The van der Waals surface area contributed by atoms with Crippen molar-refractivity contribution in [1.82, 2.24) is 5.32 Å². The van der Waals surface area contributed by atoms with E-state index in [1.807, 2.05) is 30.3 Å². The summed E-state index contributed by atoms with van der Waals surface area (Å²) in [4.78, 5) is 25.5. The van der Waals surface area contributed by atoms with E-state index in [0.717, 1.165) is 5.56 Å². The van der Waals surface area contributed by atoms with Crippen molar-refractivity contribution < 1.29 is 19.1 Å². The van der Waals surface area contributed by atoms with Gasteiger partial charge in [0.05, 0.1) is 30.3 Å². The molecule has 140 valence electrons. The fourth-order valence-electron chi connectivity index (χ4n) is 2.90. The van der Waals surface area contributed by atoms with Gasteiger partial charge in [0.1, 0.15) is 0 Å². The molecule has 0 fully saturated rings. The maximum Gasteiger partial charge on any atom is 0.336 e. The Labute approximate surface area is 170 Å². The number of benzene rings is 1. The molecule has 1 heterocycles. The van der Waals surface area contributed by atoms with Crippen molar-refractivity contribution in [1.29, 1.82) is 0 Å². The highest BCUT2D eigenvalue weighted by molar-refractivity contribution is 9.09. The van der Waals surface area contributed by atoms with Gasteiger partial charge in [-0.2, -0.15) is 0 Å². The highest BCUT2D eigenvalue weighted by Gasteiger charge is 2.39. The zero-order chi connectivity index (χ0) is 19.1. The number of hydrogen-bond donors (Lipinski definition) is 1. The van der Waals surface area contributed by atoms with Crippen LogP contribution in [0, 0.1) is 0 Å². The fraction of sp³-hybridized carbons (Fsp3) is 0.368. The number of esters is 2. The average molecular weight is 487 g/mol. The summed E-state index contributed by atoms with van der Waals surface area (Å²) >= 11 is 6.87. The van der Waals surface area contributed by atoms with Crippen molar-refractivity contribution in [3.05, 3.63) is 58.4 Å². The molecule has 26 heavy (non-hydrogen) atoms. The van der Waals surface area contributed by atoms with Crippen molar-refractivity contribution in [2.24, 2.45) is 0 Å². The van der Waals surface area contributed by atoms with Gasteiger partial charge in [-0.3, -0.25) is 0 Å². The van der Waals surface area contributed by atoms with Gasteiger partial charge in [0.2, 0.25) is 0 Å². The monoisotopic (exact) mass is 485 g/mol. The number of hydrogen-bond acceptors (Lipinski definition) is 5. The predicted molar refractivity (Wildman–Crippen MR) is 107 cm³/mol. The van der Waals surface area contributed by atoms with E-state index in [9.17, 15) is 9.59 Å². The number of halogens is 2. The Morgan fingerprint density at radius 1 is 0.923 bits per heavy atom. The average Bonchev–Trinajstić information content (AvgIpc) is 2.67. The normalized spacial score (nSPS) is 14.9. The molecule has 0 saturated heterocycles. The van der Waals surface area contributed by atoms with Gasteiger partial charge in [-0.25, -0.2) is 9.59 Å². The highest BCUT2D eigenvalue weighted by atomic mass is 79.9. The molecule has 1 aliphatic heterocycles. The predicted octanol–water partition coefficient (Wildman–Crippen LogP) is 3.80. The second-order valence-corrected chi connectivity index (χ2v) is 6.58. The first kappa shape index (κ1) is 20.7. The molecule has 1 aromatic rings. The highest BCUT2D eigenvalue weighted by Crippen LogP contribution is 2.40. The van der Waals surface area contributed by atoms with Crippen LogP contribution < -0.4 is 5.32 Å². The molecule has 0 atom stereocenters. The second kappa shape index (κ2) is 9.92. The van der Waals surface area contributed by atoms with Gasteiger partial charge in [-0.15, -0.1) is 0 Å². The van der Waals surface area contributed by atoms with Gasteiger partial charge < -0.3 is 14.8 Å². The van der Waals surface area contributed by atoms with Crippen LogP contribution in [0.1, 0.15) is 25.3 Å². The molecule has 2 rings (SSSR count). The molecule has 0 aromatic heterocycles. The molecule has 0 bridgehead atoms. The largest absolute Gasteiger partial charge is 0.463 e. The van der Waals surface area contributed by atoms with Crippen LogP contribution >= 0.6 is 31.9 Å². The third-order valence-electron chi connectivity index (χ3n) is 3.92. The zero-order valence-corrected chi connectivity index (χ0v) is 17.9. The summed E-state index contributed by atoms with van der Waals surface area (Å²) < 4.78 is 10.6. The number of nitrogens with one attached hydrogen (secondary N) is 1. The number of rotatable bonds is 7. The topological polar surface area (TPSA) is 64.6 Å². The minimum atomic E-state index is -0.560. The lowest BCUT2D eigenvalue weighted by atomic mass is 9.80. The molecule has 7 heteroatoms. The van der Waals surface area contributed by atoms with E-state index in [1.54, 1.807) is 13.8 Å². The number of alkyl halides is 2. The summed E-state index contributed by atoms with van der Waals surface area (Å²) in [6, 6.07) is 9.44. The minimum absolute atomic E-state index is 0.253. The van der Waals surface area contributed by atoms with Crippen LogP contribution in [-0.2, 0) is 19.1 Å². The molecule has 1 aliphatic rings. The molecule has 1 N–H and O–H groups in total. The molecule has 0 amide bonds. The number of dihydropyridines is 1. The Hall–Kier alpha value is -1.60. The van der Waals surface area contributed by atoms with Gasteiger partial charge in [-0.05, 0) is 19.4 Å². The molecule has 0 spiro atoms. The number of carbonyl (C=O) groups excluding carboxylic acids is 2. The van der Waals surface area contributed by atoms with Crippen molar-refractivity contribution >= 4 is 43.8 Å². The summed E-state index contributed by atoms with van der Waals surface area (Å²) in [6.45, 7) is 4.02. The number of allylic oxidation sites excluding steroid dienone is 2. The first-order valence-electron chi connectivity index (χ1n) is 8.33. The van der Waals surface area contributed by atoms with E-state index >= 15 is 0 Å².